The molecule has 132 valence electrons. The molecule has 0 radical (unpaired) electrons. The summed E-state index contributed by atoms with van der Waals surface area (Å²) in [6.07, 6.45) is 5.34. The molecule has 0 unspecified atom stereocenters. The number of rotatable bonds is 6. The second-order valence-corrected chi connectivity index (χ2v) is 6.85. The van der Waals surface area contributed by atoms with Crippen molar-refractivity contribution in [1.29, 1.82) is 0 Å². The van der Waals surface area contributed by atoms with Gasteiger partial charge in [0.15, 0.2) is 0 Å². The van der Waals surface area contributed by atoms with E-state index in [2.05, 4.69) is 4.98 Å². The summed E-state index contributed by atoms with van der Waals surface area (Å²) in [5.41, 5.74) is 1.40. The van der Waals surface area contributed by atoms with Gasteiger partial charge in [-0.1, -0.05) is 36.8 Å². The number of hydrogen-bond acceptors (Lipinski definition) is 3. The Balaban J connectivity index is 1.74. The Labute approximate surface area is 148 Å². The summed E-state index contributed by atoms with van der Waals surface area (Å²) in [6.45, 7) is 7.18. The lowest BCUT2D eigenvalue weighted by atomic mass is 9.76. The fourth-order valence-electron chi connectivity index (χ4n) is 3.64. The maximum Gasteiger partial charge on any atom is 0.240 e. The van der Waals surface area contributed by atoms with Gasteiger partial charge in [-0.25, -0.2) is 4.98 Å². The fourth-order valence-corrected chi connectivity index (χ4v) is 3.64. The monoisotopic (exact) mass is 339 g/mol. The molecule has 5 nitrogen and oxygen atoms in total. The fraction of sp³-hybridized carbons (Fsp3) is 0.450. The normalized spacial score (nSPS) is 20.5. The number of imide groups is 1. The van der Waals surface area contributed by atoms with Crippen molar-refractivity contribution in [3.63, 3.8) is 0 Å². The Hall–Kier alpha value is -2.43. The Morgan fingerprint density at radius 2 is 1.84 bits per heavy atom. The molecule has 1 aliphatic rings. The Bertz CT molecular complexity index is 778. The molecular formula is C20H25N3O2. The third-order valence-electron chi connectivity index (χ3n) is 5.32. The van der Waals surface area contributed by atoms with Gasteiger partial charge in [-0.05, 0) is 32.3 Å². The predicted molar refractivity (Wildman–Crippen MR) is 96.1 cm³/mol. The zero-order valence-electron chi connectivity index (χ0n) is 15.2. The van der Waals surface area contributed by atoms with Gasteiger partial charge in [-0.2, -0.15) is 0 Å². The lowest BCUT2D eigenvalue weighted by Crippen LogP contribution is -2.38. The van der Waals surface area contributed by atoms with Gasteiger partial charge in [0.05, 0.1) is 5.41 Å². The van der Waals surface area contributed by atoms with E-state index in [4.69, 9.17) is 0 Å². The quantitative estimate of drug-likeness (QED) is 0.760. The van der Waals surface area contributed by atoms with Crippen molar-refractivity contribution in [3.05, 3.63) is 53.6 Å². The van der Waals surface area contributed by atoms with Gasteiger partial charge in [-0.15, -0.1) is 0 Å². The highest BCUT2D eigenvalue weighted by Crippen LogP contribution is 2.39. The molecule has 1 aliphatic heterocycles. The number of imidazole rings is 1. The van der Waals surface area contributed by atoms with E-state index in [0.29, 0.717) is 13.0 Å². The van der Waals surface area contributed by atoms with Crippen LogP contribution in [0, 0.1) is 13.8 Å². The molecule has 0 saturated carbocycles. The van der Waals surface area contributed by atoms with Crippen molar-refractivity contribution in [2.75, 3.05) is 6.54 Å². The molecule has 1 fully saturated rings. The van der Waals surface area contributed by atoms with Crippen LogP contribution >= 0.6 is 0 Å². The number of amides is 2. The number of aromatic nitrogens is 2. The summed E-state index contributed by atoms with van der Waals surface area (Å²) in [5, 5.41) is 0. The molecule has 1 aromatic heterocycles. The lowest BCUT2D eigenvalue weighted by Gasteiger charge is -2.26. The van der Waals surface area contributed by atoms with Crippen molar-refractivity contribution in [2.24, 2.45) is 0 Å². The summed E-state index contributed by atoms with van der Waals surface area (Å²) in [6, 6.07) is 7.99. The molecule has 2 aromatic rings. The first-order valence-electron chi connectivity index (χ1n) is 8.87. The molecule has 25 heavy (non-hydrogen) atoms. The zero-order chi connectivity index (χ0) is 18.0. The average Bonchev–Trinajstić information content (AvgIpc) is 3.11. The zero-order valence-corrected chi connectivity index (χ0v) is 15.2. The minimum atomic E-state index is -0.699. The largest absolute Gasteiger partial charge is 0.335 e. The van der Waals surface area contributed by atoms with Crippen molar-refractivity contribution in [3.8, 4) is 0 Å². The maximum absolute atomic E-state index is 13.1. The number of aryl methyl sites for hydroxylation is 3. The van der Waals surface area contributed by atoms with Gasteiger partial charge in [0.2, 0.25) is 11.8 Å². The van der Waals surface area contributed by atoms with Crippen molar-refractivity contribution < 1.29 is 9.59 Å². The van der Waals surface area contributed by atoms with E-state index in [-0.39, 0.29) is 18.2 Å². The molecule has 3 rings (SSSR count). The van der Waals surface area contributed by atoms with E-state index in [1.54, 1.807) is 6.20 Å². The highest BCUT2D eigenvalue weighted by molar-refractivity contribution is 6.09. The van der Waals surface area contributed by atoms with Crippen LogP contribution in [0.5, 0.6) is 0 Å². The summed E-state index contributed by atoms with van der Waals surface area (Å²) in [5.74, 6) is 0.836. The van der Waals surface area contributed by atoms with E-state index in [1.165, 1.54) is 4.90 Å². The highest BCUT2D eigenvalue weighted by Gasteiger charge is 2.51. The average molecular weight is 339 g/mol. The number of likely N-dealkylation sites (tertiary alicyclic amines) is 1. The van der Waals surface area contributed by atoms with E-state index in [9.17, 15) is 9.59 Å². The first-order chi connectivity index (χ1) is 12.0. The number of benzene rings is 1. The van der Waals surface area contributed by atoms with Gasteiger partial charge in [-0.3, -0.25) is 14.5 Å². The van der Waals surface area contributed by atoms with Crippen molar-refractivity contribution in [2.45, 2.75) is 52.0 Å². The molecular weight excluding hydrogens is 314 g/mol. The van der Waals surface area contributed by atoms with E-state index in [0.717, 1.165) is 29.9 Å². The lowest BCUT2D eigenvalue weighted by molar-refractivity contribution is -0.140. The van der Waals surface area contributed by atoms with Crippen LogP contribution < -0.4 is 0 Å². The minimum absolute atomic E-state index is 0.0498. The van der Waals surface area contributed by atoms with Crippen LogP contribution in [0.25, 0.3) is 0 Å². The SMILES string of the molecule is CC[C@@]1(c2ccc(C)cc2)CC(=O)N(CCCn2ccnc2C)C1=O. The van der Waals surface area contributed by atoms with Crippen LogP contribution in [-0.2, 0) is 21.5 Å². The number of hydrogen-bond donors (Lipinski definition) is 0. The van der Waals surface area contributed by atoms with Gasteiger partial charge < -0.3 is 4.57 Å². The Morgan fingerprint density at radius 1 is 1.12 bits per heavy atom. The van der Waals surface area contributed by atoms with Gasteiger partial charge in [0, 0.05) is 31.9 Å². The van der Waals surface area contributed by atoms with E-state index < -0.39 is 5.41 Å². The smallest absolute Gasteiger partial charge is 0.240 e. The van der Waals surface area contributed by atoms with Crippen LogP contribution in [0.15, 0.2) is 36.7 Å². The molecule has 0 aliphatic carbocycles. The molecule has 2 amide bonds. The molecule has 1 atom stereocenters. The van der Waals surface area contributed by atoms with E-state index >= 15 is 0 Å². The molecule has 0 bridgehead atoms. The van der Waals surface area contributed by atoms with Crippen LogP contribution in [0.4, 0.5) is 0 Å². The third kappa shape index (κ3) is 3.11. The Morgan fingerprint density at radius 3 is 2.44 bits per heavy atom. The number of nitrogens with zero attached hydrogens (tertiary/aromatic N) is 3. The summed E-state index contributed by atoms with van der Waals surface area (Å²) in [4.78, 5) is 31.3. The van der Waals surface area contributed by atoms with Crippen molar-refractivity contribution >= 4 is 11.8 Å². The topological polar surface area (TPSA) is 55.2 Å². The first-order valence-corrected chi connectivity index (χ1v) is 8.87. The second kappa shape index (κ2) is 6.82. The summed E-state index contributed by atoms with van der Waals surface area (Å²) < 4.78 is 2.04. The maximum atomic E-state index is 13.1. The minimum Gasteiger partial charge on any atom is -0.335 e. The van der Waals surface area contributed by atoms with Crippen molar-refractivity contribution in [1.82, 2.24) is 14.5 Å². The van der Waals surface area contributed by atoms with Crippen LogP contribution in [0.1, 0.15) is 43.1 Å². The predicted octanol–water partition coefficient (Wildman–Crippen LogP) is 3.00. The molecule has 1 saturated heterocycles. The first kappa shape index (κ1) is 17.4. The summed E-state index contributed by atoms with van der Waals surface area (Å²) >= 11 is 0. The van der Waals surface area contributed by atoms with Gasteiger partial charge in [0.1, 0.15) is 5.82 Å². The number of carbonyl (C=O) groups excluding carboxylic acids is 2. The van der Waals surface area contributed by atoms with Crippen LogP contribution in [0.2, 0.25) is 0 Å². The molecule has 0 N–H and O–H groups in total. The molecule has 1 aromatic carbocycles. The summed E-state index contributed by atoms with van der Waals surface area (Å²) in [7, 11) is 0. The highest BCUT2D eigenvalue weighted by atomic mass is 16.2. The van der Waals surface area contributed by atoms with Gasteiger partial charge in [0.25, 0.3) is 0 Å². The van der Waals surface area contributed by atoms with Gasteiger partial charge >= 0.3 is 0 Å². The van der Waals surface area contributed by atoms with E-state index in [1.807, 2.05) is 55.8 Å². The Kier molecular flexibility index (Phi) is 4.75. The molecule has 0 spiro atoms. The third-order valence-corrected chi connectivity index (χ3v) is 5.32. The molecule has 5 heteroatoms. The second-order valence-electron chi connectivity index (χ2n) is 6.85. The standard InChI is InChI=1S/C20H25N3O2/c1-4-20(17-8-6-15(2)7-9-17)14-18(24)23(19(20)25)12-5-11-22-13-10-21-16(22)3/h6-10,13H,4-5,11-12,14H2,1-3H3/t20-/m0/s1. The van der Waals surface area contributed by atoms with Crippen LogP contribution in [0.3, 0.4) is 0 Å². The van der Waals surface area contributed by atoms with Crippen LogP contribution in [-0.4, -0.2) is 32.8 Å². The number of carbonyl (C=O) groups is 2. The molecule has 2 heterocycles.